The number of fused-ring (bicyclic) bond motifs is 1. The zero-order chi connectivity index (χ0) is 14.1. The van der Waals surface area contributed by atoms with Crippen molar-refractivity contribution in [2.75, 3.05) is 7.05 Å². The Balaban J connectivity index is 2.31. The Morgan fingerprint density at radius 3 is 2.90 bits per heavy atom. The van der Waals surface area contributed by atoms with Crippen LogP contribution in [0.1, 0.15) is 10.4 Å². The lowest BCUT2D eigenvalue weighted by atomic mass is 10.2. The molecule has 0 radical (unpaired) electrons. The van der Waals surface area contributed by atoms with Gasteiger partial charge >= 0.3 is 0 Å². The van der Waals surface area contributed by atoms with Crippen LogP contribution in [0, 0.1) is 0 Å². The van der Waals surface area contributed by atoms with Gasteiger partial charge in [-0.1, -0.05) is 29.8 Å². The second-order valence-corrected chi connectivity index (χ2v) is 4.55. The third-order valence-corrected chi connectivity index (χ3v) is 3.32. The highest BCUT2D eigenvalue weighted by Gasteiger charge is 2.18. The Bertz CT molecular complexity index is 797. The highest BCUT2D eigenvalue weighted by molar-refractivity contribution is 6.32. The maximum absolute atomic E-state index is 12.0. The number of hydrogen-bond donors (Lipinski definition) is 1. The number of amides is 1. The molecule has 3 aromatic rings. The standard InChI is InChI=1S/C14H11ClN4O/c1-16-14(20)10-6-7-17-13(15)12(10)19-11-5-3-2-4-9(11)8-18-19/h2-8H,1H3,(H,16,20). The second kappa shape index (κ2) is 4.94. The molecule has 1 aromatic carbocycles. The molecule has 2 heterocycles. The van der Waals surface area contributed by atoms with E-state index in [0.717, 1.165) is 10.9 Å². The van der Waals surface area contributed by atoms with Crippen molar-refractivity contribution < 1.29 is 4.79 Å². The van der Waals surface area contributed by atoms with Crippen LogP contribution in [0.5, 0.6) is 0 Å². The molecule has 0 spiro atoms. The highest BCUT2D eigenvalue weighted by atomic mass is 35.5. The van der Waals surface area contributed by atoms with Crippen molar-refractivity contribution in [1.29, 1.82) is 0 Å². The molecular weight excluding hydrogens is 276 g/mol. The first kappa shape index (κ1) is 12.6. The Kier molecular flexibility index (Phi) is 3.12. The molecule has 3 rings (SSSR count). The van der Waals surface area contributed by atoms with Crippen molar-refractivity contribution in [3.63, 3.8) is 0 Å². The van der Waals surface area contributed by atoms with Crippen molar-refractivity contribution in [3.05, 3.63) is 53.4 Å². The fraction of sp³-hybridized carbons (Fsp3) is 0.0714. The maximum atomic E-state index is 12.0. The molecule has 0 saturated carbocycles. The summed E-state index contributed by atoms with van der Waals surface area (Å²) in [5.41, 5.74) is 1.78. The topological polar surface area (TPSA) is 59.8 Å². The van der Waals surface area contributed by atoms with E-state index in [9.17, 15) is 4.79 Å². The monoisotopic (exact) mass is 286 g/mol. The third kappa shape index (κ3) is 1.92. The molecule has 0 aliphatic rings. The first-order chi connectivity index (χ1) is 9.72. The zero-order valence-corrected chi connectivity index (χ0v) is 11.4. The van der Waals surface area contributed by atoms with Crippen molar-refractivity contribution in [1.82, 2.24) is 20.1 Å². The Morgan fingerprint density at radius 2 is 2.10 bits per heavy atom. The van der Waals surface area contributed by atoms with Gasteiger partial charge in [0, 0.05) is 18.6 Å². The molecule has 0 aliphatic heterocycles. The number of aromatic nitrogens is 3. The van der Waals surface area contributed by atoms with Crippen molar-refractivity contribution >= 4 is 28.4 Å². The summed E-state index contributed by atoms with van der Waals surface area (Å²) in [5, 5.41) is 8.11. The van der Waals surface area contributed by atoms with Crippen LogP contribution in [0.3, 0.4) is 0 Å². The number of pyridine rings is 1. The van der Waals surface area contributed by atoms with Crippen LogP contribution in [-0.4, -0.2) is 27.7 Å². The predicted octanol–water partition coefficient (Wildman–Crippen LogP) is 2.43. The van der Waals surface area contributed by atoms with E-state index in [1.54, 1.807) is 24.0 Å². The van der Waals surface area contributed by atoms with Gasteiger partial charge < -0.3 is 5.32 Å². The van der Waals surface area contributed by atoms with E-state index in [2.05, 4.69) is 15.4 Å². The average Bonchev–Trinajstić information content (AvgIpc) is 2.90. The highest BCUT2D eigenvalue weighted by Crippen LogP contribution is 2.25. The lowest BCUT2D eigenvalue weighted by molar-refractivity contribution is 0.0963. The maximum Gasteiger partial charge on any atom is 0.253 e. The number of nitrogens with one attached hydrogen (secondary N) is 1. The molecule has 2 aromatic heterocycles. The van der Waals surface area contributed by atoms with Gasteiger partial charge in [0.15, 0.2) is 5.15 Å². The van der Waals surface area contributed by atoms with Gasteiger partial charge in [0.25, 0.3) is 5.91 Å². The van der Waals surface area contributed by atoms with Gasteiger partial charge in [0.2, 0.25) is 0 Å². The minimum atomic E-state index is -0.233. The summed E-state index contributed by atoms with van der Waals surface area (Å²) in [7, 11) is 1.57. The quantitative estimate of drug-likeness (QED) is 0.736. The summed E-state index contributed by atoms with van der Waals surface area (Å²) < 4.78 is 1.63. The van der Waals surface area contributed by atoms with Crippen molar-refractivity contribution in [2.45, 2.75) is 0 Å². The number of carbonyl (C=O) groups excluding carboxylic acids is 1. The van der Waals surface area contributed by atoms with E-state index in [0.29, 0.717) is 11.3 Å². The van der Waals surface area contributed by atoms with Gasteiger partial charge in [-0.15, -0.1) is 0 Å². The minimum Gasteiger partial charge on any atom is -0.355 e. The van der Waals surface area contributed by atoms with E-state index in [4.69, 9.17) is 11.6 Å². The SMILES string of the molecule is CNC(=O)c1ccnc(Cl)c1-n1ncc2ccccc21. The van der Waals surface area contributed by atoms with Gasteiger partial charge in [-0.25, -0.2) is 9.67 Å². The van der Waals surface area contributed by atoms with Crippen LogP contribution in [0.4, 0.5) is 0 Å². The van der Waals surface area contributed by atoms with Gasteiger partial charge in [-0.05, 0) is 12.1 Å². The largest absolute Gasteiger partial charge is 0.355 e. The van der Waals surface area contributed by atoms with Crippen molar-refractivity contribution in [2.24, 2.45) is 0 Å². The van der Waals surface area contributed by atoms with E-state index in [1.807, 2.05) is 24.3 Å². The van der Waals surface area contributed by atoms with Crippen LogP contribution < -0.4 is 5.32 Å². The molecule has 0 aliphatic carbocycles. The molecule has 0 atom stereocenters. The summed E-state index contributed by atoms with van der Waals surface area (Å²) in [6.07, 6.45) is 3.23. The summed E-state index contributed by atoms with van der Waals surface area (Å²) in [6, 6.07) is 9.32. The fourth-order valence-electron chi connectivity index (χ4n) is 2.10. The van der Waals surface area contributed by atoms with Crippen LogP contribution in [0.2, 0.25) is 5.15 Å². The normalized spacial score (nSPS) is 10.7. The van der Waals surface area contributed by atoms with Gasteiger partial charge in [0.1, 0.15) is 5.69 Å². The van der Waals surface area contributed by atoms with Crippen LogP contribution in [0.15, 0.2) is 42.7 Å². The lowest BCUT2D eigenvalue weighted by Gasteiger charge is -2.10. The number of nitrogens with zero attached hydrogens (tertiary/aromatic N) is 3. The van der Waals surface area contributed by atoms with E-state index >= 15 is 0 Å². The Morgan fingerprint density at radius 1 is 1.30 bits per heavy atom. The van der Waals surface area contributed by atoms with Gasteiger partial charge in [0.05, 0.1) is 17.3 Å². The van der Waals surface area contributed by atoms with Gasteiger partial charge in [-0.2, -0.15) is 5.10 Å². The molecule has 0 fully saturated rings. The Labute approximate surface area is 120 Å². The molecule has 6 heteroatoms. The van der Waals surface area contributed by atoms with E-state index in [1.165, 1.54) is 6.20 Å². The number of halogens is 1. The molecule has 0 bridgehead atoms. The van der Waals surface area contributed by atoms with Crippen LogP contribution in [-0.2, 0) is 0 Å². The minimum absolute atomic E-state index is 0.233. The summed E-state index contributed by atoms with van der Waals surface area (Å²) in [6.45, 7) is 0. The summed E-state index contributed by atoms with van der Waals surface area (Å²) >= 11 is 6.17. The zero-order valence-electron chi connectivity index (χ0n) is 10.7. The second-order valence-electron chi connectivity index (χ2n) is 4.19. The van der Waals surface area contributed by atoms with Gasteiger partial charge in [-0.3, -0.25) is 4.79 Å². The first-order valence-corrected chi connectivity index (χ1v) is 6.40. The number of benzene rings is 1. The molecule has 1 amide bonds. The fourth-order valence-corrected chi connectivity index (χ4v) is 2.34. The number of rotatable bonds is 2. The molecule has 1 N–H and O–H groups in total. The first-order valence-electron chi connectivity index (χ1n) is 6.02. The average molecular weight is 287 g/mol. The lowest BCUT2D eigenvalue weighted by Crippen LogP contribution is -2.20. The smallest absolute Gasteiger partial charge is 0.253 e. The molecule has 0 unspecified atom stereocenters. The van der Waals surface area contributed by atoms with Crippen LogP contribution >= 0.6 is 11.6 Å². The molecule has 0 saturated heterocycles. The summed E-state index contributed by atoms with van der Waals surface area (Å²) in [5.74, 6) is -0.233. The van der Waals surface area contributed by atoms with Crippen LogP contribution in [0.25, 0.3) is 16.6 Å². The molecule has 100 valence electrons. The van der Waals surface area contributed by atoms with Crippen molar-refractivity contribution in [3.8, 4) is 5.69 Å². The molecule has 20 heavy (non-hydrogen) atoms. The van der Waals surface area contributed by atoms with E-state index in [-0.39, 0.29) is 11.1 Å². The third-order valence-electron chi connectivity index (χ3n) is 3.04. The Hall–Kier alpha value is -2.40. The number of hydrogen-bond acceptors (Lipinski definition) is 3. The predicted molar refractivity (Wildman–Crippen MR) is 77.3 cm³/mol. The summed E-state index contributed by atoms with van der Waals surface area (Å²) in [4.78, 5) is 16.0. The molecular formula is C14H11ClN4O. The molecule has 5 nitrogen and oxygen atoms in total. The van der Waals surface area contributed by atoms with E-state index < -0.39 is 0 Å². The number of para-hydroxylation sites is 1. The number of carbonyl (C=O) groups is 1.